The number of amides is 3. The first-order chi connectivity index (χ1) is 16.4. The highest BCUT2D eigenvalue weighted by Gasteiger charge is 2.70. The van der Waals surface area contributed by atoms with Gasteiger partial charge in [0, 0.05) is 17.3 Å². The fraction of sp³-hybridized carbons (Fsp3) is 0.222. The zero-order valence-electron chi connectivity index (χ0n) is 18.5. The van der Waals surface area contributed by atoms with E-state index in [9.17, 15) is 19.5 Å². The minimum atomic E-state index is -1.32. The first-order valence-corrected chi connectivity index (χ1v) is 11.3. The van der Waals surface area contributed by atoms with Gasteiger partial charge in [-0.25, -0.2) is 4.90 Å². The highest BCUT2D eigenvalue weighted by Crippen LogP contribution is 2.53. The van der Waals surface area contributed by atoms with Crippen LogP contribution in [0.25, 0.3) is 0 Å². The van der Waals surface area contributed by atoms with E-state index in [4.69, 9.17) is 0 Å². The van der Waals surface area contributed by atoms with Crippen LogP contribution in [0.2, 0.25) is 0 Å². The zero-order chi connectivity index (χ0) is 23.6. The Bertz CT molecular complexity index is 1330. The molecular formula is C27H23N3O4. The SMILES string of the molecule is Cc1ccc(N2C(=O)[C@@H]3[C@H](Cc4ccc(O)cc4)N[C@]4(C(=O)Nc5ccccc54)[C@@H]3C2=O)cc1. The third-order valence-corrected chi connectivity index (χ3v) is 7.31. The van der Waals surface area contributed by atoms with Gasteiger partial charge in [0.2, 0.25) is 17.7 Å². The van der Waals surface area contributed by atoms with Gasteiger partial charge in [-0.3, -0.25) is 19.7 Å². The quantitative estimate of drug-likeness (QED) is 0.530. The van der Waals surface area contributed by atoms with E-state index in [0.717, 1.165) is 11.1 Å². The molecule has 3 aliphatic heterocycles. The summed E-state index contributed by atoms with van der Waals surface area (Å²) in [6.07, 6.45) is 0.430. The van der Waals surface area contributed by atoms with Gasteiger partial charge in [0.15, 0.2) is 0 Å². The van der Waals surface area contributed by atoms with Crippen molar-refractivity contribution in [3.63, 3.8) is 0 Å². The summed E-state index contributed by atoms with van der Waals surface area (Å²) in [5.41, 5.74) is 2.45. The predicted molar refractivity (Wildman–Crippen MR) is 126 cm³/mol. The third-order valence-electron chi connectivity index (χ3n) is 7.31. The average molecular weight is 453 g/mol. The van der Waals surface area contributed by atoms with E-state index in [1.165, 1.54) is 4.90 Å². The number of rotatable bonds is 3. The number of hydrogen-bond donors (Lipinski definition) is 3. The fourth-order valence-electron chi connectivity index (χ4n) is 5.77. The number of phenols is 1. The summed E-state index contributed by atoms with van der Waals surface area (Å²) in [5, 5.41) is 16.0. The molecule has 0 saturated carbocycles. The number of benzene rings is 3. The Morgan fingerprint density at radius 3 is 2.35 bits per heavy atom. The summed E-state index contributed by atoms with van der Waals surface area (Å²) in [4.78, 5) is 42.4. The summed E-state index contributed by atoms with van der Waals surface area (Å²) in [6, 6.07) is 20.9. The highest BCUT2D eigenvalue weighted by molar-refractivity contribution is 6.25. The molecule has 7 nitrogen and oxygen atoms in total. The fourth-order valence-corrected chi connectivity index (χ4v) is 5.77. The molecule has 3 amide bonds. The smallest absolute Gasteiger partial charge is 0.250 e. The van der Waals surface area contributed by atoms with E-state index < -0.39 is 23.4 Å². The molecule has 170 valence electrons. The molecule has 0 radical (unpaired) electrons. The second-order valence-corrected chi connectivity index (χ2v) is 9.28. The van der Waals surface area contributed by atoms with Crippen LogP contribution in [-0.4, -0.2) is 28.9 Å². The van der Waals surface area contributed by atoms with Gasteiger partial charge in [-0.1, -0.05) is 48.0 Å². The Balaban J connectivity index is 1.48. The van der Waals surface area contributed by atoms with Gasteiger partial charge in [0.1, 0.15) is 11.3 Å². The minimum absolute atomic E-state index is 0.152. The van der Waals surface area contributed by atoms with Crippen molar-refractivity contribution in [3.8, 4) is 5.75 Å². The van der Waals surface area contributed by atoms with Crippen molar-refractivity contribution in [1.29, 1.82) is 0 Å². The van der Waals surface area contributed by atoms with Crippen molar-refractivity contribution in [2.75, 3.05) is 10.2 Å². The molecule has 3 aromatic carbocycles. The summed E-state index contributed by atoms with van der Waals surface area (Å²) < 4.78 is 0. The number of imide groups is 1. The Morgan fingerprint density at radius 1 is 0.912 bits per heavy atom. The molecule has 3 N–H and O–H groups in total. The second-order valence-electron chi connectivity index (χ2n) is 9.28. The van der Waals surface area contributed by atoms with Gasteiger partial charge in [-0.15, -0.1) is 0 Å². The first kappa shape index (κ1) is 20.6. The van der Waals surface area contributed by atoms with Crippen molar-refractivity contribution in [2.45, 2.75) is 24.9 Å². The number of carbonyl (C=O) groups excluding carboxylic acids is 3. The Kier molecular flexibility index (Phi) is 4.41. The Morgan fingerprint density at radius 2 is 1.62 bits per heavy atom. The first-order valence-electron chi connectivity index (χ1n) is 11.3. The minimum Gasteiger partial charge on any atom is -0.508 e. The lowest BCUT2D eigenvalue weighted by atomic mass is 9.76. The molecule has 7 heteroatoms. The number of aromatic hydroxyl groups is 1. The molecule has 4 atom stereocenters. The number of nitrogens with zero attached hydrogens (tertiary/aromatic N) is 1. The number of para-hydroxylation sites is 1. The van der Waals surface area contributed by atoms with E-state index in [1.54, 1.807) is 36.4 Å². The van der Waals surface area contributed by atoms with Crippen LogP contribution in [0.5, 0.6) is 5.75 Å². The van der Waals surface area contributed by atoms with Gasteiger partial charge < -0.3 is 10.4 Å². The molecule has 3 aliphatic rings. The molecule has 0 aromatic heterocycles. The molecule has 2 fully saturated rings. The molecule has 3 aromatic rings. The van der Waals surface area contributed by atoms with Crippen molar-refractivity contribution in [2.24, 2.45) is 11.8 Å². The van der Waals surface area contributed by atoms with Crippen LogP contribution < -0.4 is 15.5 Å². The summed E-state index contributed by atoms with van der Waals surface area (Å²) in [5.74, 6) is -2.41. The molecule has 34 heavy (non-hydrogen) atoms. The van der Waals surface area contributed by atoms with Gasteiger partial charge >= 0.3 is 0 Å². The normalized spacial score (nSPS) is 27.3. The second kappa shape index (κ2) is 7.27. The number of hydrogen-bond acceptors (Lipinski definition) is 5. The molecule has 6 rings (SSSR count). The Labute approximate surface area is 196 Å². The molecular weight excluding hydrogens is 430 g/mol. The zero-order valence-corrected chi connectivity index (χ0v) is 18.5. The maximum Gasteiger partial charge on any atom is 0.250 e. The van der Waals surface area contributed by atoms with Crippen molar-refractivity contribution < 1.29 is 19.5 Å². The maximum absolute atomic E-state index is 13.9. The van der Waals surface area contributed by atoms with E-state index in [1.807, 2.05) is 43.3 Å². The van der Waals surface area contributed by atoms with E-state index in [-0.39, 0.29) is 23.5 Å². The molecule has 2 saturated heterocycles. The van der Waals surface area contributed by atoms with Crippen LogP contribution in [0.4, 0.5) is 11.4 Å². The number of phenolic OH excluding ortho intramolecular Hbond substituents is 1. The summed E-state index contributed by atoms with van der Waals surface area (Å²) in [7, 11) is 0. The van der Waals surface area contributed by atoms with E-state index in [0.29, 0.717) is 23.4 Å². The molecule has 0 aliphatic carbocycles. The number of aryl methyl sites for hydroxylation is 1. The van der Waals surface area contributed by atoms with Crippen LogP contribution in [-0.2, 0) is 26.3 Å². The Hall–Kier alpha value is -3.97. The van der Waals surface area contributed by atoms with E-state index in [2.05, 4.69) is 10.6 Å². The monoisotopic (exact) mass is 453 g/mol. The van der Waals surface area contributed by atoms with Gasteiger partial charge in [-0.05, 0) is 49.2 Å². The van der Waals surface area contributed by atoms with E-state index >= 15 is 0 Å². The lowest BCUT2D eigenvalue weighted by Gasteiger charge is -2.29. The van der Waals surface area contributed by atoms with Crippen LogP contribution in [0.3, 0.4) is 0 Å². The molecule has 0 bridgehead atoms. The van der Waals surface area contributed by atoms with Gasteiger partial charge in [0.25, 0.3) is 0 Å². The standard InChI is InChI=1S/C27H23N3O4/c1-15-6-10-17(11-7-15)30-24(32)22-21(14-16-8-12-18(31)13-9-16)29-27(23(22)25(30)33)19-4-2-3-5-20(19)28-26(27)34/h2-13,21-23,29,31H,14H2,1H3,(H,28,34)/t21-,22+,23-,27-/m0/s1. The number of nitrogens with one attached hydrogen (secondary N) is 2. The van der Waals surface area contributed by atoms with Crippen molar-refractivity contribution >= 4 is 29.1 Å². The van der Waals surface area contributed by atoms with Crippen LogP contribution in [0.1, 0.15) is 16.7 Å². The molecule has 0 unspecified atom stereocenters. The van der Waals surface area contributed by atoms with Crippen LogP contribution in [0, 0.1) is 18.8 Å². The predicted octanol–water partition coefficient (Wildman–Crippen LogP) is 2.87. The van der Waals surface area contributed by atoms with Gasteiger partial charge in [-0.2, -0.15) is 0 Å². The number of fused-ring (bicyclic) bond motifs is 4. The number of carbonyl (C=O) groups is 3. The highest BCUT2D eigenvalue weighted by atomic mass is 16.3. The van der Waals surface area contributed by atoms with Crippen LogP contribution >= 0.6 is 0 Å². The lowest BCUT2D eigenvalue weighted by molar-refractivity contribution is -0.130. The maximum atomic E-state index is 13.9. The summed E-state index contributed by atoms with van der Waals surface area (Å²) in [6.45, 7) is 1.94. The third kappa shape index (κ3) is 2.77. The van der Waals surface area contributed by atoms with Crippen molar-refractivity contribution in [1.82, 2.24) is 5.32 Å². The lowest BCUT2D eigenvalue weighted by Crippen LogP contribution is -2.53. The molecule has 1 spiro atoms. The topological polar surface area (TPSA) is 98.7 Å². The van der Waals surface area contributed by atoms with Crippen molar-refractivity contribution in [3.05, 3.63) is 89.5 Å². The van der Waals surface area contributed by atoms with Crippen LogP contribution in [0.15, 0.2) is 72.8 Å². The summed E-state index contributed by atoms with van der Waals surface area (Å²) >= 11 is 0. The van der Waals surface area contributed by atoms with Gasteiger partial charge in [0.05, 0.1) is 17.5 Å². The molecule has 3 heterocycles. The number of anilines is 2. The average Bonchev–Trinajstić information content (AvgIpc) is 3.41. The largest absolute Gasteiger partial charge is 0.508 e.